The predicted molar refractivity (Wildman–Crippen MR) is 145 cm³/mol. The highest BCUT2D eigenvalue weighted by atomic mass is 16.6. The quantitative estimate of drug-likeness (QED) is 0.283. The summed E-state index contributed by atoms with van der Waals surface area (Å²) in [5, 5.41) is 23.8. The van der Waals surface area contributed by atoms with Gasteiger partial charge in [-0.15, -0.1) is 0 Å². The van der Waals surface area contributed by atoms with Crippen LogP contribution in [0.25, 0.3) is 0 Å². The number of ether oxygens (including phenoxy) is 2. The molecule has 3 aliphatic rings. The molecule has 42 heavy (non-hydrogen) atoms. The molecule has 1 aromatic carbocycles. The molecule has 15 heteroatoms. The molecule has 3 aliphatic heterocycles. The van der Waals surface area contributed by atoms with Crippen LogP contribution in [-0.4, -0.2) is 129 Å². The maximum absolute atomic E-state index is 13.7. The fraction of sp³-hybridized carbons (Fsp3) is 0.519. The van der Waals surface area contributed by atoms with Crippen LogP contribution in [0, 0.1) is 0 Å². The standard InChI is InChI=1S/C27H34N6O9/c34-19-6-7-33(26(39)29-19)25-21(36)20(35)22(42-25)23(37)28-18(16-17-4-2-1-3-5-17)24(38)30-8-10-31(11-9-30)27(40)32-12-14-41-15-13-32/h1-7,18,20-22,25,35-36H,8-16H2,(H,28,37)(H,29,34,39)/t18-,20+,21-,22+,25-/m1/s1. The zero-order valence-corrected chi connectivity index (χ0v) is 22.8. The van der Waals surface area contributed by atoms with Crippen molar-refractivity contribution >= 4 is 17.8 Å². The fourth-order valence-corrected chi connectivity index (χ4v) is 5.33. The van der Waals surface area contributed by atoms with Crippen LogP contribution in [0.1, 0.15) is 11.8 Å². The number of amides is 4. The van der Waals surface area contributed by atoms with Crippen molar-refractivity contribution < 1.29 is 34.1 Å². The van der Waals surface area contributed by atoms with Crippen molar-refractivity contribution in [1.29, 1.82) is 0 Å². The number of carbonyl (C=O) groups is 3. The molecule has 3 saturated heterocycles. The van der Waals surface area contributed by atoms with E-state index in [2.05, 4.69) is 5.32 Å². The third kappa shape index (κ3) is 6.38. The van der Waals surface area contributed by atoms with Crippen molar-refractivity contribution in [1.82, 2.24) is 29.6 Å². The summed E-state index contributed by atoms with van der Waals surface area (Å²) in [5.41, 5.74) is -0.766. The summed E-state index contributed by atoms with van der Waals surface area (Å²) < 4.78 is 11.8. The number of H-pyrrole nitrogens is 1. The lowest BCUT2D eigenvalue weighted by Crippen LogP contribution is -2.59. The van der Waals surface area contributed by atoms with Gasteiger partial charge in [-0.25, -0.2) is 9.59 Å². The Hall–Kier alpha value is -4.05. The average Bonchev–Trinajstić information content (AvgIpc) is 3.30. The zero-order valence-electron chi connectivity index (χ0n) is 22.8. The molecule has 5 atom stereocenters. The van der Waals surface area contributed by atoms with Crippen molar-refractivity contribution in [2.75, 3.05) is 52.5 Å². The van der Waals surface area contributed by atoms with Crippen LogP contribution in [0.15, 0.2) is 52.2 Å². The smallest absolute Gasteiger partial charge is 0.330 e. The van der Waals surface area contributed by atoms with Gasteiger partial charge in [0.15, 0.2) is 12.3 Å². The minimum Gasteiger partial charge on any atom is -0.387 e. The van der Waals surface area contributed by atoms with E-state index in [4.69, 9.17) is 9.47 Å². The second-order valence-electron chi connectivity index (χ2n) is 10.4. The van der Waals surface area contributed by atoms with E-state index in [1.54, 1.807) is 26.8 Å². The normalized spacial score (nSPS) is 25.2. The number of aromatic amines is 1. The molecular formula is C27H34N6O9. The molecule has 4 amide bonds. The first-order valence-electron chi connectivity index (χ1n) is 13.8. The Labute approximate surface area is 240 Å². The predicted octanol–water partition coefficient (Wildman–Crippen LogP) is -2.52. The Kier molecular flexibility index (Phi) is 9.01. The number of hydrogen-bond acceptors (Lipinski definition) is 9. The maximum atomic E-state index is 13.7. The average molecular weight is 587 g/mol. The molecule has 0 aliphatic carbocycles. The van der Waals surface area contributed by atoms with Crippen LogP contribution in [0.3, 0.4) is 0 Å². The number of carbonyl (C=O) groups excluding carboxylic acids is 3. The molecule has 0 radical (unpaired) electrons. The summed E-state index contributed by atoms with van der Waals surface area (Å²) in [5.74, 6) is -1.22. The number of aliphatic hydroxyl groups is 2. The van der Waals surface area contributed by atoms with Crippen LogP contribution in [0.2, 0.25) is 0 Å². The van der Waals surface area contributed by atoms with Gasteiger partial charge in [0.25, 0.3) is 11.5 Å². The zero-order chi connectivity index (χ0) is 29.8. The van der Waals surface area contributed by atoms with E-state index < -0.39 is 47.7 Å². The van der Waals surface area contributed by atoms with Gasteiger partial charge < -0.3 is 39.7 Å². The molecule has 0 bridgehead atoms. The van der Waals surface area contributed by atoms with Gasteiger partial charge in [-0.3, -0.25) is 23.9 Å². The summed E-state index contributed by atoms with van der Waals surface area (Å²) in [4.78, 5) is 70.5. The number of morpholine rings is 1. The Morgan fingerprint density at radius 1 is 0.905 bits per heavy atom. The molecule has 226 valence electrons. The molecular weight excluding hydrogens is 552 g/mol. The van der Waals surface area contributed by atoms with Gasteiger partial charge in [-0.1, -0.05) is 30.3 Å². The lowest BCUT2D eigenvalue weighted by atomic mass is 10.0. The van der Waals surface area contributed by atoms with E-state index >= 15 is 0 Å². The Balaban J connectivity index is 1.27. The molecule has 2 aromatic rings. The maximum Gasteiger partial charge on any atom is 0.330 e. The molecule has 0 spiro atoms. The number of nitrogens with one attached hydrogen (secondary N) is 2. The minimum atomic E-state index is -1.71. The van der Waals surface area contributed by atoms with Crippen LogP contribution >= 0.6 is 0 Å². The molecule has 0 saturated carbocycles. The largest absolute Gasteiger partial charge is 0.387 e. The van der Waals surface area contributed by atoms with Gasteiger partial charge in [-0.05, 0) is 5.56 Å². The molecule has 4 heterocycles. The van der Waals surface area contributed by atoms with E-state index in [-0.39, 0.29) is 31.4 Å². The molecule has 5 rings (SSSR count). The third-order valence-corrected chi connectivity index (χ3v) is 7.66. The third-order valence-electron chi connectivity index (χ3n) is 7.66. The van der Waals surface area contributed by atoms with Crippen molar-refractivity contribution in [3.05, 3.63) is 69.0 Å². The highest BCUT2D eigenvalue weighted by Crippen LogP contribution is 2.28. The SMILES string of the molecule is O=C(N[C@H](Cc1ccccc1)C(=O)N1CCN(C(=O)N2CCOCC2)CC1)[C@H]1O[C@@H](n2ccc(=O)[nH]c2=O)[C@H](O)[C@@H]1O. The number of aliphatic hydroxyl groups excluding tert-OH is 2. The van der Waals surface area contributed by atoms with Gasteiger partial charge in [0.1, 0.15) is 18.2 Å². The first-order chi connectivity index (χ1) is 20.2. The number of nitrogens with zero attached hydrogens (tertiary/aromatic N) is 4. The highest BCUT2D eigenvalue weighted by Gasteiger charge is 2.48. The van der Waals surface area contributed by atoms with Crippen LogP contribution < -0.4 is 16.6 Å². The number of aromatic nitrogens is 2. The number of benzene rings is 1. The summed E-state index contributed by atoms with van der Waals surface area (Å²) in [6, 6.07) is 8.98. The van der Waals surface area contributed by atoms with E-state index in [1.165, 1.54) is 0 Å². The van der Waals surface area contributed by atoms with Crippen LogP contribution in [0.4, 0.5) is 4.79 Å². The Bertz CT molecular complexity index is 1380. The lowest BCUT2D eigenvalue weighted by Gasteiger charge is -2.39. The first-order valence-corrected chi connectivity index (χ1v) is 13.8. The summed E-state index contributed by atoms with van der Waals surface area (Å²) in [6.07, 6.45) is -5.18. The second-order valence-corrected chi connectivity index (χ2v) is 10.4. The molecule has 4 N–H and O–H groups in total. The lowest BCUT2D eigenvalue weighted by molar-refractivity contribution is -0.144. The number of piperazine rings is 1. The fourth-order valence-electron chi connectivity index (χ4n) is 5.33. The number of rotatable bonds is 6. The van der Waals surface area contributed by atoms with E-state index in [0.717, 1.165) is 22.4 Å². The van der Waals surface area contributed by atoms with Gasteiger partial charge >= 0.3 is 11.7 Å². The van der Waals surface area contributed by atoms with E-state index in [0.29, 0.717) is 39.4 Å². The van der Waals surface area contributed by atoms with Gasteiger partial charge in [-0.2, -0.15) is 0 Å². The van der Waals surface area contributed by atoms with Crippen molar-refractivity contribution in [2.45, 2.75) is 37.0 Å². The van der Waals surface area contributed by atoms with Crippen molar-refractivity contribution in [3.8, 4) is 0 Å². The molecule has 0 unspecified atom stereocenters. The Morgan fingerprint density at radius 3 is 2.21 bits per heavy atom. The molecule has 3 fully saturated rings. The summed E-state index contributed by atoms with van der Waals surface area (Å²) >= 11 is 0. The molecule has 1 aromatic heterocycles. The van der Waals surface area contributed by atoms with Crippen LogP contribution in [-0.2, 0) is 25.5 Å². The summed E-state index contributed by atoms with van der Waals surface area (Å²) in [7, 11) is 0. The van der Waals surface area contributed by atoms with E-state index in [1.807, 2.05) is 23.2 Å². The number of hydrogen-bond donors (Lipinski definition) is 4. The van der Waals surface area contributed by atoms with Crippen molar-refractivity contribution in [3.63, 3.8) is 0 Å². The van der Waals surface area contributed by atoms with Gasteiger partial charge in [0, 0.05) is 58.0 Å². The first kappa shape index (κ1) is 29.4. The highest BCUT2D eigenvalue weighted by molar-refractivity contribution is 5.90. The topological polar surface area (TPSA) is 187 Å². The molecule has 15 nitrogen and oxygen atoms in total. The summed E-state index contributed by atoms with van der Waals surface area (Å²) in [6.45, 7) is 3.23. The minimum absolute atomic E-state index is 0.0957. The van der Waals surface area contributed by atoms with Crippen molar-refractivity contribution in [2.24, 2.45) is 0 Å². The second kappa shape index (κ2) is 12.9. The van der Waals surface area contributed by atoms with Gasteiger partial charge in [0.05, 0.1) is 13.2 Å². The van der Waals surface area contributed by atoms with E-state index in [9.17, 15) is 34.2 Å². The Morgan fingerprint density at radius 2 is 1.55 bits per heavy atom. The monoisotopic (exact) mass is 586 g/mol. The number of urea groups is 1. The van der Waals surface area contributed by atoms with Gasteiger partial charge in [0.2, 0.25) is 5.91 Å². The van der Waals surface area contributed by atoms with Crippen LogP contribution in [0.5, 0.6) is 0 Å².